The molecule has 16 heavy (non-hydrogen) atoms. The summed E-state index contributed by atoms with van der Waals surface area (Å²) in [6, 6.07) is 2.85. The lowest BCUT2D eigenvalue weighted by atomic mass is 10.1. The lowest BCUT2D eigenvalue weighted by molar-refractivity contribution is -0.140. The first kappa shape index (κ1) is 12.7. The van der Waals surface area contributed by atoms with Gasteiger partial charge in [0.05, 0.1) is 5.56 Å². The third-order valence-electron chi connectivity index (χ3n) is 1.93. The summed E-state index contributed by atoms with van der Waals surface area (Å²) in [7, 11) is 1.73. The van der Waals surface area contributed by atoms with Gasteiger partial charge in [-0.25, -0.2) is 4.39 Å². The molecule has 0 spiro atoms. The fourth-order valence-corrected chi connectivity index (χ4v) is 1.18. The Morgan fingerprint density at radius 2 is 2.00 bits per heavy atom. The first-order chi connectivity index (χ1) is 7.45. The van der Waals surface area contributed by atoms with Crippen LogP contribution in [0.5, 0.6) is 0 Å². The molecule has 88 valence electrons. The molecule has 1 N–H and O–H groups in total. The van der Waals surface area contributed by atoms with E-state index < -0.39 is 17.6 Å². The third-order valence-corrected chi connectivity index (χ3v) is 1.93. The Morgan fingerprint density at radius 3 is 2.50 bits per heavy atom. The van der Waals surface area contributed by atoms with Gasteiger partial charge in [0, 0.05) is 6.54 Å². The van der Waals surface area contributed by atoms with Crippen LogP contribution < -0.4 is 5.32 Å². The second-order valence-electron chi connectivity index (χ2n) is 3.20. The van der Waals surface area contributed by atoms with E-state index in [1.807, 2.05) is 0 Å². The summed E-state index contributed by atoms with van der Waals surface area (Å²) in [5.41, 5.74) is -0.834. The highest BCUT2D eigenvalue weighted by Gasteiger charge is 2.33. The lowest BCUT2D eigenvalue weighted by Gasteiger charge is -2.07. The quantitative estimate of drug-likeness (QED) is 0.791. The van der Waals surface area contributed by atoms with Crippen molar-refractivity contribution < 1.29 is 17.6 Å². The summed E-state index contributed by atoms with van der Waals surface area (Å²) in [6.45, 7) is 0.572. The maximum absolute atomic E-state index is 13.1. The van der Waals surface area contributed by atoms with Crippen molar-refractivity contribution in [3.8, 4) is 0 Å². The zero-order valence-electron chi connectivity index (χ0n) is 8.61. The lowest BCUT2D eigenvalue weighted by Crippen LogP contribution is -2.08. The maximum atomic E-state index is 13.1. The average Bonchev–Trinajstić information content (AvgIpc) is 2.16. The van der Waals surface area contributed by atoms with E-state index in [0.29, 0.717) is 12.1 Å². The monoisotopic (exact) mass is 233 g/mol. The van der Waals surface area contributed by atoms with E-state index in [9.17, 15) is 17.6 Å². The molecule has 0 fully saturated rings. The van der Waals surface area contributed by atoms with Crippen molar-refractivity contribution in [3.05, 3.63) is 41.2 Å². The molecule has 0 aliphatic rings. The van der Waals surface area contributed by atoms with Crippen LogP contribution in [0.3, 0.4) is 0 Å². The number of hydrogen-bond acceptors (Lipinski definition) is 1. The fraction of sp³-hybridized carbons (Fsp3) is 0.273. The van der Waals surface area contributed by atoms with Crippen molar-refractivity contribution >= 4 is 6.08 Å². The van der Waals surface area contributed by atoms with Gasteiger partial charge in [0.15, 0.2) is 0 Å². The van der Waals surface area contributed by atoms with Crippen molar-refractivity contribution in [2.45, 2.75) is 6.18 Å². The van der Waals surface area contributed by atoms with Crippen LogP contribution in [0, 0.1) is 5.82 Å². The second kappa shape index (κ2) is 5.12. The number of benzene rings is 1. The number of hydrogen-bond donors (Lipinski definition) is 1. The molecule has 0 aromatic heterocycles. The summed E-state index contributed by atoms with van der Waals surface area (Å²) in [4.78, 5) is 0. The van der Waals surface area contributed by atoms with Gasteiger partial charge in [-0.2, -0.15) is 13.2 Å². The second-order valence-corrected chi connectivity index (χ2v) is 3.20. The summed E-state index contributed by atoms with van der Waals surface area (Å²) in [6.07, 6.45) is -1.39. The van der Waals surface area contributed by atoms with Gasteiger partial charge >= 0.3 is 6.18 Å². The standard InChI is InChI=1S/C11H11F4N/c1-16-6-2-3-8-4-5-9(10(12)7-8)11(13,14)15/h2-5,7,16H,6H2,1H3. The van der Waals surface area contributed by atoms with Crippen molar-refractivity contribution in [2.24, 2.45) is 0 Å². The van der Waals surface area contributed by atoms with Gasteiger partial charge in [0.25, 0.3) is 0 Å². The maximum Gasteiger partial charge on any atom is 0.419 e. The van der Waals surface area contributed by atoms with E-state index in [0.717, 1.165) is 12.1 Å². The van der Waals surface area contributed by atoms with Crippen LogP contribution in [0.4, 0.5) is 17.6 Å². The molecule has 0 radical (unpaired) electrons. The Labute approximate surface area is 90.8 Å². The number of nitrogens with one attached hydrogen (secondary N) is 1. The zero-order chi connectivity index (χ0) is 12.2. The smallest absolute Gasteiger partial charge is 0.316 e. The first-order valence-corrected chi connectivity index (χ1v) is 4.63. The molecule has 0 saturated heterocycles. The normalized spacial score (nSPS) is 12.3. The zero-order valence-corrected chi connectivity index (χ0v) is 8.61. The summed E-state index contributed by atoms with van der Waals surface area (Å²) in [5.74, 6) is -1.25. The molecular formula is C11H11F4N. The summed E-state index contributed by atoms with van der Waals surface area (Å²) < 4.78 is 49.7. The molecule has 0 atom stereocenters. The predicted molar refractivity (Wildman–Crippen MR) is 54.4 cm³/mol. The van der Waals surface area contributed by atoms with Gasteiger partial charge < -0.3 is 5.32 Å². The number of rotatable bonds is 3. The van der Waals surface area contributed by atoms with Crippen molar-refractivity contribution in [1.82, 2.24) is 5.32 Å². The van der Waals surface area contributed by atoms with E-state index >= 15 is 0 Å². The fourth-order valence-electron chi connectivity index (χ4n) is 1.18. The van der Waals surface area contributed by atoms with Crippen LogP contribution in [0.2, 0.25) is 0 Å². The van der Waals surface area contributed by atoms with Gasteiger partial charge in [-0.15, -0.1) is 0 Å². The molecule has 5 heteroatoms. The predicted octanol–water partition coefficient (Wildman–Crippen LogP) is 3.08. The van der Waals surface area contributed by atoms with Crippen molar-refractivity contribution in [2.75, 3.05) is 13.6 Å². The third kappa shape index (κ3) is 3.34. The SMILES string of the molecule is CNCC=Cc1ccc(C(F)(F)F)c(F)c1. The minimum absolute atomic E-state index is 0.403. The topological polar surface area (TPSA) is 12.0 Å². The molecule has 0 aliphatic heterocycles. The van der Waals surface area contributed by atoms with E-state index in [1.54, 1.807) is 19.2 Å². The summed E-state index contributed by atoms with van der Waals surface area (Å²) in [5, 5.41) is 2.83. The van der Waals surface area contributed by atoms with E-state index in [1.165, 1.54) is 6.07 Å². The van der Waals surface area contributed by atoms with Crippen LogP contribution in [0.25, 0.3) is 6.08 Å². The number of alkyl halides is 3. The number of likely N-dealkylation sites (N-methyl/N-ethyl adjacent to an activating group) is 1. The Bertz CT molecular complexity index is 382. The molecular weight excluding hydrogens is 222 g/mol. The van der Waals surface area contributed by atoms with Crippen LogP contribution in [0.15, 0.2) is 24.3 Å². The highest BCUT2D eigenvalue weighted by atomic mass is 19.4. The molecule has 0 amide bonds. The molecule has 0 aliphatic carbocycles. The van der Waals surface area contributed by atoms with Gasteiger partial charge in [0.2, 0.25) is 0 Å². The average molecular weight is 233 g/mol. The van der Waals surface area contributed by atoms with Crippen molar-refractivity contribution in [1.29, 1.82) is 0 Å². The van der Waals surface area contributed by atoms with Gasteiger partial charge in [-0.05, 0) is 24.7 Å². The highest BCUT2D eigenvalue weighted by molar-refractivity contribution is 5.50. The Morgan fingerprint density at radius 1 is 1.31 bits per heavy atom. The molecule has 0 saturated carbocycles. The van der Waals surface area contributed by atoms with Gasteiger partial charge in [-0.1, -0.05) is 18.2 Å². The van der Waals surface area contributed by atoms with Crippen molar-refractivity contribution in [3.63, 3.8) is 0 Å². The molecule has 0 unspecified atom stereocenters. The summed E-state index contributed by atoms with van der Waals surface area (Å²) >= 11 is 0. The van der Waals surface area contributed by atoms with Gasteiger partial charge in [0.1, 0.15) is 5.82 Å². The molecule has 0 bridgehead atoms. The molecule has 0 heterocycles. The Hall–Kier alpha value is -1.36. The molecule has 1 aromatic carbocycles. The van der Waals surface area contributed by atoms with E-state index in [2.05, 4.69) is 5.32 Å². The number of halogens is 4. The highest BCUT2D eigenvalue weighted by Crippen LogP contribution is 2.31. The van der Waals surface area contributed by atoms with Crippen LogP contribution in [0.1, 0.15) is 11.1 Å². The van der Waals surface area contributed by atoms with Crippen LogP contribution >= 0.6 is 0 Å². The minimum Gasteiger partial charge on any atom is -0.316 e. The molecule has 1 nitrogen and oxygen atoms in total. The Kier molecular flexibility index (Phi) is 4.06. The molecule has 1 aromatic rings. The molecule has 1 rings (SSSR count). The van der Waals surface area contributed by atoms with Crippen LogP contribution in [-0.4, -0.2) is 13.6 Å². The largest absolute Gasteiger partial charge is 0.419 e. The van der Waals surface area contributed by atoms with Gasteiger partial charge in [-0.3, -0.25) is 0 Å². The first-order valence-electron chi connectivity index (χ1n) is 4.63. The van der Waals surface area contributed by atoms with E-state index in [4.69, 9.17) is 0 Å². The Balaban J connectivity index is 2.91. The van der Waals surface area contributed by atoms with E-state index in [-0.39, 0.29) is 0 Å². The minimum atomic E-state index is -4.64. The van der Waals surface area contributed by atoms with Crippen LogP contribution in [-0.2, 0) is 6.18 Å².